The SMILES string of the molecule is C[C@H](Oc1ccccc1F)C(=O)NNC(=S)NCc1ccc(F)cc1. The van der Waals surface area contributed by atoms with Crippen LogP contribution in [-0.2, 0) is 11.3 Å². The van der Waals surface area contributed by atoms with Gasteiger partial charge in [-0.15, -0.1) is 0 Å². The maximum absolute atomic E-state index is 13.5. The molecule has 0 heterocycles. The minimum atomic E-state index is -0.927. The highest BCUT2D eigenvalue weighted by Crippen LogP contribution is 2.16. The van der Waals surface area contributed by atoms with Crippen molar-refractivity contribution in [2.75, 3.05) is 0 Å². The first-order valence-corrected chi connectivity index (χ1v) is 7.86. The lowest BCUT2D eigenvalue weighted by atomic mass is 10.2. The Balaban J connectivity index is 1.74. The first kappa shape index (κ1) is 18.6. The van der Waals surface area contributed by atoms with Gasteiger partial charge in [-0.1, -0.05) is 24.3 Å². The summed E-state index contributed by atoms with van der Waals surface area (Å²) in [7, 11) is 0. The van der Waals surface area contributed by atoms with Gasteiger partial charge in [0.1, 0.15) is 5.82 Å². The molecule has 0 unspecified atom stereocenters. The third-order valence-corrected chi connectivity index (χ3v) is 3.42. The van der Waals surface area contributed by atoms with E-state index in [1.807, 2.05) is 0 Å². The van der Waals surface area contributed by atoms with Gasteiger partial charge in [-0.2, -0.15) is 0 Å². The minimum Gasteiger partial charge on any atom is -0.478 e. The highest BCUT2D eigenvalue weighted by Gasteiger charge is 2.16. The highest BCUT2D eigenvalue weighted by molar-refractivity contribution is 7.80. The van der Waals surface area contributed by atoms with Crippen LogP contribution in [0, 0.1) is 11.6 Å². The average molecular weight is 365 g/mol. The average Bonchev–Trinajstić information content (AvgIpc) is 2.61. The molecular formula is C17H17F2N3O2S. The second-order valence-electron chi connectivity index (χ2n) is 5.11. The molecule has 2 rings (SSSR count). The van der Waals surface area contributed by atoms with Crippen LogP contribution >= 0.6 is 12.2 Å². The standard InChI is InChI=1S/C17H17F2N3O2S/c1-11(24-15-5-3-2-4-14(15)19)16(23)21-22-17(25)20-10-12-6-8-13(18)9-7-12/h2-9,11H,10H2,1H3,(H,21,23)(H2,20,22,25)/t11-/m0/s1. The molecule has 0 saturated carbocycles. The molecule has 0 bridgehead atoms. The molecule has 0 spiro atoms. The summed E-state index contributed by atoms with van der Waals surface area (Å²) in [5, 5.41) is 3.03. The zero-order chi connectivity index (χ0) is 18.2. The van der Waals surface area contributed by atoms with Gasteiger partial charge in [0.2, 0.25) is 0 Å². The van der Waals surface area contributed by atoms with Crippen LogP contribution in [0.4, 0.5) is 8.78 Å². The summed E-state index contributed by atoms with van der Waals surface area (Å²) in [5.74, 6) is -1.40. The summed E-state index contributed by atoms with van der Waals surface area (Å²) in [4.78, 5) is 11.9. The number of hydrazine groups is 1. The number of para-hydroxylation sites is 1. The van der Waals surface area contributed by atoms with Crippen molar-refractivity contribution in [1.29, 1.82) is 0 Å². The zero-order valence-corrected chi connectivity index (χ0v) is 14.2. The van der Waals surface area contributed by atoms with Gasteiger partial charge in [0.05, 0.1) is 0 Å². The molecule has 5 nitrogen and oxygen atoms in total. The van der Waals surface area contributed by atoms with Crippen molar-refractivity contribution in [3.05, 3.63) is 65.7 Å². The van der Waals surface area contributed by atoms with Crippen LogP contribution in [0.2, 0.25) is 0 Å². The zero-order valence-electron chi connectivity index (χ0n) is 13.4. The molecule has 0 fully saturated rings. The molecular weight excluding hydrogens is 348 g/mol. The van der Waals surface area contributed by atoms with Gasteiger partial charge < -0.3 is 10.1 Å². The van der Waals surface area contributed by atoms with E-state index in [4.69, 9.17) is 17.0 Å². The Morgan fingerprint density at radius 1 is 1.12 bits per heavy atom. The smallest absolute Gasteiger partial charge is 0.279 e. The molecule has 0 aliphatic heterocycles. The predicted octanol–water partition coefficient (Wildman–Crippen LogP) is 2.43. The van der Waals surface area contributed by atoms with Crippen LogP contribution in [0.25, 0.3) is 0 Å². The highest BCUT2D eigenvalue weighted by atomic mass is 32.1. The molecule has 8 heteroatoms. The number of rotatable bonds is 5. The fraction of sp³-hybridized carbons (Fsp3) is 0.176. The molecule has 2 aromatic carbocycles. The van der Waals surface area contributed by atoms with E-state index in [0.717, 1.165) is 5.56 Å². The lowest BCUT2D eigenvalue weighted by Gasteiger charge is -2.16. The predicted molar refractivity (Wildman–Crippen MR) is 93.6 cm³/mol. The maximum Gasteiger partial charge on any atom is 0.279 e. The number of carbonyl (C=O) groups excluding carboxylic acids is 1. The van der Waals surface area contributed by atoms with Crippen LogP contribution in [0.15, 0.2) is 48.5 Å². The number of thiocarbonyl (C=S) groups is 1. The van der Waals surface area contributed by atoms with E-state index in [1.165, 1.54) is 37.3 Å². The first-order valence-electron chi connectivity index (χ1n) is 7.45. The van der Waals surface area contributed by atoms with Gasteiger partial charge in [-0.3, -0.25) is 15.6 Å². The van der Waals surface area contributed by atoms with Gasteiger partial charge in [0, 0.05) is 6.54 Å². The number of carbonyl (C=O) groups is 1. The Labute approximate surface area is 149 Å². The summed E-state index contributed by atoms with van der Waals surface area (Å²) in [6.07, 6.45) is -0.927. The lowest BCUT2D eigenvalue weighted by molar-refractivity contribution is -0.127. The van der Waals surface area contributed by atoms with Crippen LogP contribution in [-0.4, -0.2) is 17.1 Å². The van der Waals surface area contributed by atoms with Crippen molar-refractivity contribution >= 4 is 23.2 Å². The normalized spacial score (nSPS) is 11.3. The lowest BCUT2D eigenvalue weighted by Crippen LogP contribution is -2.50. The molecule has 1 amide bonds. The van der Waals surface area contributed by atoms with E-state index in [0.29, 0.717) is 6.54 Å². The van der Waals surface area contributed by atoms with Gasteiger partial charge >= 0.3 is 0 Å². The Morgan fingerprint density at radius 2 is 1.80 bits per heavy atom. The molecule has 25 heavy (non-hydrogen) atoms. The summed E-state index contributed by atoms with van der Waals surface area (Å²) < 4.78 is 31.6. The second kappa shape index (κ2) is 8.93. The number of hydrogen-bond donors (Lipinski definition) is 3. The van der Waals surface area contributed by atoms with E-state index in [2.05, 4.69) is 16.2 Å². The van der Waals surface area contributed by atoms with Crippen molar-refractivity contribution in [3.63, 3.8) is 0 Å². The molecule has 0 aromatic heterocycles. The molecule has 2 aromatic rings. The number of amides is 1. The molecule has 3 N–H and O–H groups in total. The monoisotopic (exact) mass is 365 g/mol. The van der Waals surface area contributed by atoms with E-state index in [-0.39, 0.29) is 16.7 Å². The van der Waals surface area contributed by atoms with Crippen LogP contribution < -0.4 is 20.9 Å². The van der Waals surface area contributed by atoms with Gasteiger partial charge in [-0.05, 0) is 49.0 Å². The fourth-order valence-electron chi connectivity index (χ4n) is 1.83. The maximum atomic E-state index is 13.5. The quantitative estimate of drug-likeness (QED) is 0.561. The third kappa shape index (κ3) is 6.00. The van der Waals surface area contributed by atoms with Gasteiger partial charge in [0.15, 0.2) is 22.8 Å². The van der Waals surface area contributed by atoms with Crippen molar-refractivity contribution in [3.8, 4) is 5.75 Å². The Morgan fingerprint density at radius 3 is 2.48 bits per heavy atom. The number of hydrogen-bond acceptors (Lipinski definition) is 3. The largest absolute Gasteiger partial charge is 0.478 e. The van der Waals surface area contributed by atoms with Crippen LogP contribution in [0.1, 0.15) is 12.5 Å². The molecule has 0 saturated heterocycles. The first-order chi connectivity index (χ1) is 12.0. The third-order valence-electron chi connectivity index (χ3n) is 3.18. The summed E-state index contributed by atoms with van der Waals surface area (Å²) in [5.41, 5.74) is 5.71. The number of ether oxygens (including phenoxy) is 1. The van der Waals surface area contributed by atoms with Gasteiger partial charge in [-0.25, -0.2) is 8.78 Å². The molecule has 1 atom stereocenters. The van der Waals surface area contributed by atoms with Crippen molar-refractivity contribution in [1.82, 2.24) is 16.2 Å². The molecule has 0 aliphatic rings. The number of nitrogens with one attached hydrogen (secondary N) is 3. The van der Waals surface area contributed by atoms with Crippen molar-refractivity contribution in [2.45, 2.75) is 19.6 Å². The van der Waals surface area contributed by atoms with Gasteiger partial charge in [0.25, 0.3) is 5.91 Å². The molecule has 0 radical (unpaired) electrons. The summed E-state index contributed by atoms with van der Waals surface area (Å²) in [6.45, 7) is 1.85. The molecule has 132 valence electrons. The fourth-order valence-corrected chi connectivity index (χ4v) is 1.96. The Kier molecular flexibility index (Phi) is 6.64. The van der Waals surface area contributed by atoms with Crippen molar-refractivity contribution in [2.24, 2.45) is 0 Å². The number of benzene rings is 2. The Bertz CT molecular complexity index is 741. The minimum absolute atomic E-state index is 0.0119. The topological polar surface area (TPSA) is 62.4 Å². The van der Waals surface area contributed by atoms with E-state index < -0.39 is 17.8 Å². The van der Waals surface area contributed by atoms with E-state index in [1.54, 1.807) is 18.2 Å². The van der Waals surface area contributed by atoms with Crippen molar-refractivity contribution < 1.29 is 18.3 Å². The molecule has 0 aliphatic carbocycles. The van der Waals surface area contributed by atoms with E-state index >= 15 is 0 Å². The number of halogens is 2. The summed E-state index contributed by atoms with van der Waals surface area (Å²) in [6, 6.07) is 11.7. The second-order valence-corrected chi connectivity index (χ2v) is 5.52. The summed E-state index contributed by atoms with van der Waals surface area (Å²) >= 11 is 5.02. The van der Waals surface area contributed by atoms with Crippen LogP contribution in [0.5, 0.6) is 5.75 Å². The van der Waals surface area contributed by atoms with E-state index in [9.17, 15) is 13.6 Å². The Hall–Kier alpha value is -2.74. The van der Waals surface area contributed by atoms with Crippen LogP contribution in [0.3, 0.4) is 0 Å².